The number of carbonyl (C=O) groups excluding carboxylic acids is 4. The Kier molecular flexibility index (Phi) is 4.93. The van der Waals surface area contributed by atoms with Gasteiger partial charge in [0.1, 0.15) is 5.82 Å². The van der Waals surface area contributed by atoms with Crippen molar-refractivity contribution >= 4 is 29.3 Å². The lowest BCUT2D eigenvalue weighted by molar-refractivity contribution is 0.0474. The molecule has 0 atom stereocenters. The minimum Gasteiger partial charge on any atom is -0.454 e. The van der Waals surface area contributed by atoms with Gasteiger partial charge in [0.15, 0.2) is 12.4 Å². The number of benzene rings is 3. The van der Waals surface area contributed by atoms with E-state index < -0.39 is 36.0 Å². The first kappa shape index (κ1) is 19.2. The summed E-state index contributed by atoms with van der Waals surface area (Å²) >= 11 is 0. The number of ketones is 1. The van der Waals surface area contributed by atoms with Gasteiger partial charge in [0.05, 0.1) is 22.4 Å². The highest BCUT2D eigenvalue weighted by atomic mass is 19.1. The molecule has 30 heavy (non-hydrogen) atoms. The van der Waals surface area contributed by atoms with Crippen molar-refractivity contribution in [3.63, 3.8) is 0 Å². The highest BCUT2D eigenvalue weighted by Gasteiger charge is 2.36. The fourth-order valence-electron chi connectivity index (χ4n) is 3.13. The summed E-state index contributed by atoms with van der Waals surface area (Å²) in [7, 11) is 0. The van der Waals surface area contributed by atoms with Crippen molar-refractivity contribution in [3.8, 4) is 0 Å². The van der Waals surface area contributed by atoms with E-state index in [9.17, 15) is 23.6 Å². The second kappa shape index (κ2) is 7.71. The van der Waals surface area contributed by atoms with Crippen molar-refractivity contribution < 1.29 is 28.3 Å². The van der Waals surface area contributed by atoms with E-state index >= 15 is 0 Å². The fourth-order valence-corrected chi connectivity index (χ4v) is 3.13. The average Bonchev–Trinajstić information content (AvgIpc) is 3.02. The monoisotopic (exact) mass is 403 g/mol. The van der Waals surface area contributed by atoms with E-state index in [1.807, 2.05) is 0 Å². The SMILES string of the molecule is O=C(COC(=O)c1ccc(N2C(=O)c3ccccc3C2=O)cc1)c1cccc(F)c1. The van der Waals surface area contributed by atoms with Gasteiger partial charge in [0.25, 0.3) is 11.8 Å². The van der Waals surface area contributed by atoms with Gasteiger partial charge >= 0.3 is 5.97 Å². The molecule has 1 aliphatic heterocycles. The first-order valence-corrected chi connectivity index (χ1v) is 8.99. The first-order valence-electron chi connectivity index (χ1n) is 8.99. The molecule has 3 aromatic rings. The number of amides is 2. The van der Waals surface area contributed by atoms with Gasteiger partial charge in [0.2, 0.25) is 0 Å². The molecule has 0 spiro atoms. The van der Waals surface area contributed by atoms with Crippen LogP contribution in [-0.2, 0) is 4.74 Å². The standard InChI is InChI=1S/C23H14FNO5/c24-16-5-3-4-15(12-16)20(26)13-30-23(29)14-8-10-17(11-9-14)25-21(27)18-6-1-2-7-19(18)22(25)28/h1-12H,13H2. The molecule has 148 valence electrons. The molecule has 0 aromatic heterocycles. The van der Waals surface area contributed by atoms with Gasteiger partial charge in [-0.2, -0.15) is 0 Å². The molecule has 4 rings (SSSR count). The Bertz CT molecular complexity index is 1150. The predicted molar refractivity (Wildman–Crippen MR) is 105 cm³/mol. The molecule has 3 aromatic carbocycles. The Morgan fingerprint density at radius 2 is 1.43 bits per heavy atom. The molecule has 2 amide bonds. The second-order valence-electron chi connectivity index (χ2n) is 6.55. The Labute approximate surface area is 170 Å². The molecule has 0 unspecified atom stereocenters. The van der Waals surface area contributed by atoms with Crippen LogP contribution in [-0.4, -0.2) is 30.2 Å². The smallest absolute Gasteiger partial charge is 0.338 e. The number of esters is 1. The van der Waals surface area contributed by atoms with Crippen molar-refractivity contribution in [1.29, 1.82) is 0 Å². The number of nitrogens with zero attached hydrogens (tertiary/aromatic N) is 1. The lowest BCUT2D eigenvalue weighted by Gasteiger charge is -2.14. The average molecular weight is 403 g/mol. The maximum absolute atomic E-state index is 13.2. The molecule has 0 radical (unpaired) electrons. The van der Waals surface area contributed by atoms with Crippen LogP contribution in [0.15, 0.2) is 72.8 Å². The topological polar surface area (TPSA) is 80.8 Å². The van der Waals surface area contributed by atoms with E-state index in [0.717, 1.165) is 11.0 Å². The van der Waals surface area contributed by atoms with Crippen LogP contribution in [0.3, 0.4) is 0 Å². The van der Waals surface area contributed by atoms with Crippen molar-refractivity contribution in [1.82, 2.24) is 0 Å². The summed E-state index contributed by atoms with van der Waals surface area (Å²) in [6.45, 7) is -0.539. The van der Waals surface area contributed by atoms with Crippen LogP contribution in [0.2, 0.25) is 0 Å². The number of halogens is 1. The highest BCUT2D eigenvalue weighted by molar-refractivity contribution is 6.34. The van der Waals surface area contributed by atoms with Crippen LogP contribution in [0.1, 0.15) is 41.4 Å². The van der Waals surface area contributed by atoms with E-state index in [2.05, 4.69) is 0 Å². The molecule has 0 bridgehead atoms. The molecule has 0 saturated heterocycles. The fraction of sp³-hybridized carbons (Fsp3) is 0.0435. The van der Waals surface area contributed by atoms with Crippen LogP contribution in [0, 0.1) is 5.82 Å². The number of anilines is 1. The summed E-state index contributed by atoms with van der Waals surface area (Å²) in [6.07, 6.45) is 0. The van der Waals surface area contributed by atoms with Gasteiger partial charge in [-0.15, -0.1) is 0 Å². The first-order chi connectivity index (χ1) is 14.5. The third-order valence-corrected chi connectivity index (χ3v) is 4.64. The highest BCUT2D eigenvalue weighted by Crippen LogP contribution is 2.28. The molecular weight excluding hydrogens is 389 g/mol. The lowest BCUT2D eigenvalue weighted by atomic mass is 10.1. The number of rotatable bonds is 5. The van der Waals surface area contributed by atoms with Gasteiger partial charge in [-0.25, -0.2) is 14.1 Å². The number of hydrogen-bond donors (Lipinski definition) is 0. The molecular formula is C23H14FNO5. The van der Waals surface area contributed by atoms with Gasteiger partial charge in [0, 0.05) is 5.56 Å². The quantitative estimate of drug-likeness (QED) is 0.369. The molecule has 1 heterocycles. The number of hydrogen-bond acceptors (Lipinski definition) is 5. The summed E-state index contributed by atoms with van der Waals surface area (Å²) in [5.74, 6) is -2.73. The Morgan fingerprint density at radius 1 is 0.800 bits per heavy atom. The van der Waals surface area contributed by atoms with E-state index in [0.29, 0.717) is 16.8 Å². The van der Waals surface area contributed by atoms with Gasteiger partial charge in [-0.3, -0.25) is 14.4 Å². The van der Waals surface area contributed by atoms with Crippen LogP contribution >= 0.6 is 0 Å². The second-order valence-corrected chi connectivity index (χ2v) is 6.55. The molecule has 1 aliphatic rings. The lowest BCUT2D eigenvalue weighted by Crippen LogP contribution is -2.29. The maximum Gasteiger partial charge on any atom is 0.338 e. The maximum atomic E-state index is 13.2. The Morgan fingerprint density at radius 3 is 2.03 bits per heavy atom. The zero-order valence-electron chi connectivity index (χ0n) is 15.5. The van der Waals surface area contributed by atoms with Crippen molar-refractivity contribution in [2.24, 2.45) is 0 Å². The van der Waals surface area contributed by atoms with Crippen LogP contribution in [0.25, 0.3) is 0 Å². The van der Waals surface area contributed by atoms with E-state index in [1.54, 1.807) is 24.3 Å². The third-order valence-electron chi connectivity index (χ3n) is 4.64. The van der Waals surface area contributed by atoms with Gasteiger partial charge in [-0.1, -0.05) is 24.3 Å². The molecule has 0 aliphatic carbocycles. The zero-order chi connectivity index (χ0) is 21.3. The predicted octanol–water partition coefficient (Wildman–Crippen LogP) is 3.67. The summed E-state index contributed by atoms with van der Waals surface area (Å²) in [6, 6.07) is 17.3. The van der Waals surface area contributed by atoms with Crippen LogP contribution in [0.5, 0.6) is 0 Å². The normalized spacial score (nSPS) is 12.6. The largest absolute Gasteiger partial charge is 0.454 e. The number of fused-ring (bicyclic) bond motifs is 1. The third kappa shape index (κ3) is 3.48. The minimum absolute atomic E-state index is 0.101. The summed E-state index contributed by atoms with van der Waals surface area (Å²) in [4.78, 5) is 50.3. The number of ether oxygens (including phenoxy) is 1. The summed E-state index contributed by atoms with van der Waals surface area (Å²) < 4.78 is 18.2. The minimum atomic E-state index is -0.756. The number of carbonyl (C=O) groups is 4. The van der Waals surface area contributed by atoms with E-state index in [4.69, 9.17) is 4.74 Å². The Balaban J connectivity index is 1.44. The van der Waals surface area contributed by atoms with Crippen molar-refractivity contribution in [3.05, 3.63) is 101 Å². The molecule has 6 nitrogen and oxygen atoms in total. The van der Waals surface area contributed by atoms with Crippen LogP contribution in [0.4, 0.5) is 10.1 Å². The van der Waals surface area contributed by atoms with Crippen molar-refractivity contribution in [2.75, 3.05) is 11.5 Å². The van der Waals surface area contributed by atoms with Gasteiger partial charge < -0.3 is 4.74 Å². The van der Waals surface area contributed by atoms with Crippen LogP contribution < -0.4 is 4.90 Å². The molecule has 7 heteroatoms. The molecule has 0 N–H and O–H groups in total. The van der Waals surface area contributed by atoms with E-state index in [1.165, 1.54) is 42.5 Å². The van der Waals surface area contributed by atoms with Crippen molar-refractivity contribution in [2.45, 2.75) is 0 Å². The number of imide groups is 1. The van der Waals surface area contributed by atoms with E-state index in [-0.39, 0.29) is 11.1 Å². The molecule has 0 saturated carbocycles. The zero-order valence-corrected chi connectivity index (χ0v) is 15.5. The number of Topliss-reactive ketones (excluding diaryl/α,β-unsaturated/α-hetero) is 1. The van der Waals surface area contributed by atoms with Gasteiger partial charge in [-0.05, 0) is 48.5 Å². The summed E-state index contributed by atoms with van der Waals surface area (Å²) in [5.41, 5.74) is 1.20. The molecule has 0 fully saturated rings. The Hall–Kier alpha value is -4.13. The summed E-state index contributed by atoms with van der Waals surface area (Å²) in [5, 5.41) is 0.